The van der Waals surface area contributed by atoms with Gasteiger partial charge in [-0.2, -0.15) is 5.10 Å². The molecule has 0 saturated heterocycles. The molecule has 2 heterocycles. The minimum atomic E-state index is -0.367. The number of rotatable bonds is 4. The maximum Gasteiger partial charge on any atom is 0.252 e. The SMILES string of the molecule is NC(=O)c1cnn2c1C[C@@H](CN[C@@H]1CCc3ccccc3C1)CC2. The van der Waals surface area contributed by atoms with Gasteiger partial charge in [0.25, 0.3) is 5.91 Å². The van der Waals surface area contributed by atoms with Crippen molar-refractivity contribution in [2.45, 2.75) is 44.7 Å². The van der Waals surface area contributed by atoms with Crippen molar-refractivity contribution >= 4 is 5.91 Å². The van der Waals surface area contributed by atoms with Gasteiger partial charge in [0, 0.05) is 12.6 Å². The van der Waals surface area contributed by atoms with Gasteiger partial charge in [-0.25, -0.2) is 0 Å². The highest BCUT2D eigenvalue weighted by atomic mass is 16.1. The van der Waals surface area contributed by atoms with Crippen molar-refractivity contribution in [2.24, 2.45) is 11.7 Å². The van der Waals surface area contributed by atoms with Crippen LogP contribution in [0.3, 0.4) is 0 Å². The number of aromatic nitrogens is 2. The topological polar surface area (TPSA) is 72.9 Å². The van der Waals surface area contributed by atoms with Crippen LogP contribution in [0.4, 0.5) is 0 Å². The van der Waals surface area contributed by atoms with Crippen LogP contribution in [0.5, 0.6) is 0 Å². The molecule has 1 aromatic heterocycles. The second kappa shape index (κ2) is 6.40. The summed E-state index contributed by atoms with van der Waals surface area (Å²) < 4.78 is 1.94. The van der Waals surface area contributed by atoms with E-state index in [4.69, 9.17) is 5.73 Å². The standard InChI is InChI=1S/C19H24N4O/c20-19(24)17-12-22-23-8-7-13(9-18(17)23)11-21-16-6-5-14-3-1-2-4-15(14)10-16/h1-4,12-13,16,21H,5-11H2,(H2,20,24)/t13-,16+/m0/s1. The van der Waals surface area contributed by atoms with Gasteiger partial charge in [-0.1, -0.05) is 24.3 Å². The van der Waals surface area contributed by atoms with Crippen LogP contribution in [-0.2, 0) is 25.8 Å². The first-order valence-electron chi connectivity index (χ1n) is 8.85. The van der Waals surface area contributed by atoms with E-state index in [2.05, 4.69) is 34.7 Å². The molecule has 0 saturated carbocycles. The summed E-state index contributed by atoms with van der Waals surface area (Å²) in [4.78, 5) is 11.5. The smallest absolute Gasteiger partial charge is 0.252 e. The molecule has 1 aromatic carbocycles. The number of hydrogen-bond acceptors (Lipinski definition) is 3. The normalized spacial score (nSPS) is 22.7. The Labute approximate surface area is 142 Å². The third-order valence-electron chi connectivity index (χ3n) is 5.49. The highest BCUT2D eigenvalue weighted by molar-refractivity contribution is 5.93. The Morgan fingerprint density at radius 1 is 1.25 bits per heavy atom. The van der Waals surface area contributed by atoms with Gasteiger partial charge in [-0.05, 0) is 55.7 Å². The Morgan fingerprint density at radius 3 is 2.92 bits per heavy atom. The van der Waals surface area contributed by atoms with Crippen molar-refractivity contribution in [3.63, 3.8) is 0 Å². The fourth-order valence-electron chi connectivity index (χ4n) is 4.08. The van der Waals surface area contributed by atoms with Gasteiger partial charge in [0.15, 0.2) is 0 Å². The number of benzene rings is 1. The molecule has 2 atom stereocenters. The number of primary amides is 1. The van der Waals surface area contributed by atoms with Crippen molar-refractivity contribution in [3.05, 3.63) is 52.8 Å². The molecule has 2 aliphatic rings. The number of aryl methyl sites for hydroxylation is 2. The molecule has 3 N–H and O–H groups in total. The van der Waals surface area contributed by atoms with Crippen LogP contribution in [0, 0.1) is 5.92 Å². The monoisotopic (exact) mass is 324 g/mol. The highest BCUT2D eigenvalue weighted by Gasteiger charge is 2.25. The lowest BCUT2D eigenvalue weighted by Crippen LogP contribution is -2.39. The molecule has 4 rings (SSSR count). The maximum absolute atomic E-state index is 11.5. The summed E-state index contributed by atoms with van der Waals surface area (Å²) in [6.07, 6.45) is 7.09. The quantitative estimate of drug-likeness (QED) is 0.899. The Balaban J connectivity index is 1.36. The molecule has 24 heavy (non-hydrogen) atoms. The second-order valence-corrected chi connectivity index (χ2v) is 7.07. The van der Waals surface area contributed by atoms with Gasteiger partial charge in [-0.3, -0.25) is 9.48 Å². The van der Waals surface area contributed by atoms with Crippen LogP contribution in [0.2, 0.25) is 0 Å². The molecular formula is C19H24N4O. The number of fused-ring (bicyclic) bond motifs is 2. The number of carbonyl (C=O) groups is 1. The van der Waals surface area contributed by atoms with Crippen molar-refractivity contribution in [3.8, 4) is 0 Å². The Morgan fingerprint density at radius 2 is 2.08 bits per heavy atom. The van der Waals surface area contributed by atoms with Crippen LogP contribution in [-0.4, -0.2) is 28.3 Å². The molecule has 1 aliphatic heterocycles. The van der Waals surface area contributed by atoms with E-state index in [9.17, 15) is 4.79 Å². The average molecular weight is 324 g/mol. The van der Waals surface area contributed by atoms with Crippen molar-refractivity contribution in [1.82, 2.24) is 15.1 Å². The van der Waals surface area contributed by atoms with E-state index in [1.165, 1.54) is 17.5 Å². The number of amides is 1. The molecule has 126 valence electrons. The summed E-state index contributed by atoms with van der Waals surface area (Å²) >= 11 is 0. The van der Waals surface area contributed by atoms with E-state index in [-0.39, 0.29) is 5.91 Å². The Bertz CT molecular complexity index is 752. The summed E-state index contributed by atoms with van der Waals surface area (Å²) in [6.45, 7) is 1.87. The molecule has 1 amide bonds. The van der Waals surface area contributed by atoms with Gasteiger partial charge in [0.1, 0.15) is 0 Å². The van der Waals surface area contributed by atoms with Gasteiger partial charge in [0.2, 0.25) is 0 Å². The first kappa shape index (κ1) is 15.4. The van der Waals surface area contributed by atoms with E-state index in [1.54, 1.807) is 6.20 Å². The third-order valence-corrected chi connectivity index (χ3v) is 5.49. The number of hydrogen-bond donors (Lipinski definition) is 2. The van der Waals surface area contributed by atoms with Crippen molar-refractivity contribution in [1.29, 1.82) is 0 Å². The summed E-state index contributed by atoms with van der Waals surface area (Å²) in [6, 6.07) is 9.33. The van der Waals surface area contributed by atoms with Crippen molar-refractivity contribution in [2.75, 3.05) is 6.54 Å². The van der Waals surface area contributed by atoms with E-state index < -0.39 is 0 Å². The van der Waals surface area contributed by atoms with Gasteiger partial charge < -0.3 is 11.1 Å². The summed E-state index contributed by atoms with van der Waals surface area (Å²) in [5.41, 5.74) is 10.0. The predicted molar refractivity (Wildman–Crippen MR) is 92.8 cm³/mol. The zero-order valence-electron chi connectivity index (χ0n) is 13.9. The molecule has 0 spiro atoms. The average Bonchev–Trinajstić information content (AvgIpc) is 3.03. The lowest BCUT2D eigenvalue weighted by molar-refractivity contribution is 0.0998. The van der Waals surface area contributed by atoms with Gasteiger partial charge >= 0.3 is 0 Å². The minimum absolute atomic E-state index is 0.367. The number of carbonyl (C=O) groups excluding carboxylic acids is 1. The lowest BCUT2D eigenvalue weighted by Gasteiger charge is -2.29. The highest BCUT2D eigenvalue weighted by Crippen LogP contribution is 2.24. The summed E-state index contributed by atoms with van der Waals surface area (Å²) in [5, 5.41) is 8.04. The molecule has 1 aliphatic carbocycles. The van der Waals surface area contributed by atoms with Crippen LogP contribution >= 0.6 is 0 Å². The lowest BCUT2D eigenvalue weighted by atomic mass is 9.87. The second-order valence-electron chi connectivity index (χ2n) is 7.07. The van der Waals surface area contributed by atoms with E-state index in [0.717, 1.165) is 44.5 Å². The molecule has 0 fully saturated rings. The van der Waals surface area contributed by atoms with Crippen LogP contribution in [0.15, 0.2) is 30.5 Å². The van der Waals surface area contributed by atoms with E-state index in [1.807, 2.05) is 4.68 Å². The molecule has 2 aromatic rings. The molecule has 5 nitrogen and oxygen atoms in total. The first-order chi connectivity index (χ1) is 11.7. The van der Waals surface area contributed by atoms with Crippen molar-refractivity contribution < 1.29 is 4.79 Å². The predicted octanol–water partition coefficient (Wildman–Crippen LogP) is 1.69. The molecule has 0 radical (unpaired) electrons. The largest absolute Gasteiger partial charge is 0.365 e. The van der Waals surface area contributed by atoms with Crippen LogP contribution in [0.25, 0.3) is 0 Å². The van der Waals surface area contributed by atoms with Crippen LogP contribution in [0.1, 0.15) is 40.0 Å². The summed E-state index contributed by atoms with van der Waals surface area (Å²) in [5.74, 6) is 0.179. The molecule has 5 heteroatoms. The molecular weight excluding hydrogens is 300 g/mol. The first-order valence-corrected chi connectivity index (χ1v) is 8.85. The minimum Gasteiger partial charge on any atom is -0.365 e. The Hall–Kier alpha value is -2.14. The van der Waals surface area contributed by atoms with Gasteiger partial charge in [0.05, 0.1) is 17.5 Å². The number of nitrogens with zero attached hydrogens (tertiary/aromatic N) is 2. The third kappa shape index (κ3) is 2.96. The van der Waals surface area contributed by atoms with Gasteiger partial charge in [-0.15, -0.1) is 0 Å². The number of nitrogens with one attached hydrogen (secondary N) is 1. The zero-order chi connectivity index (χ0) is 16.5. The maximum atomic E-state index is 11.5. The van der Waals surface area contributed by atoms with E-state index >= 15 is 0 Å². The van der Waals surface area contributed by atoms with E-state index in [0.29, 0.717) is 17.5 Å². The molecule has 0 bridgehead atoms. The van der Waals surface area contributed by atoms with Crippen LogP contribution < -0.4 is 11.1 Å². The fraction of sp³-hybridized carbons (Fsp3) is 0.474. The fourth-order valence-corrected chi connectivity index (χ4v) is 4.08. The Kier molecular flexibility index (Phi) is 4.10. The molecule has 0 unspecified atom stereocenters. The summed E-state index contributed by atoms with van der Waals surface area (Å²) in [7, 11) is 0. The number of nitrogens with two attached hydrogens (primary N) is 1. The zero-order valence-corrected chi connectivity index (χ0v) is 13.9.